The van der Waals surface area contributed by atoms with Gasteiger partial charge in [-0.15, -0.1) is 0 Å². The van der Waals surface area contributed by atoms with Crippen molar-refractivity contribution in [2.45, 2.75) is 39.2 Å². The van der Waals surface area contributed by atoms with Gasteiger partial charge < -0.3 is 9.42 Å². The van der Waals surface area contributed by atoms with E-state index < -0.39 is 0 Å². The second-order valence-corrected chi connectivity index (χ2v) is 7.31. The number of nitrogens with zero attached hydrogens (tertiary/aromatic N) is 3. The number of benzene rings is 2. The average Bonchev–Trinajstić information content (AvgIpc) is 3.29. The normalized spacial score (nSPS) is 18.1. The highest BCUT2D eigenvalue weighted by Crippen LogP contribution is 2.34. The summed E-state index contributed by atoms with van der Waals surface area (Å²) in [6.07, 6.45) is 0.408. The van der Waals surface area contributed by atoms with Crippen molar-refractivity contribution >= 4 is 5.91 Å². The van der Waals surface area contributed by atoms with Gasteiger partial charge in [0, 0.05) is 18.5 Å². The molecular weight excluding hydrogens is 338 g/mol. The second-order valence-electron chi connectivity index (χ2n) is 7.31. The molecule has 1 aliphatic heterocycles. The van der Waals surface area contributed by atoms with Crippen LogP contribution in [0.15, 0.2) is 53.1 Å². The minimum absolute atomic E-state index is 0.0328. The van der Waals surface area contributed by atoms with Crippen LogP contribution in [0.5, 0.6) is 0 Å². The molecular formula is C22H23N3O2. The third-order valence-electron chi connectivity index (χ3n) is 5.32. The maximum atomic E-state index is 12.6. The van der Waals surface area contributed by atoms with Gasteiger partial charge in [-0.2, -0.15) is 4.98 Å². The summed E-state index contributed by atoms with van der Waals surface area (Å²) in [6.45, 7) is 6.76. The van der Waals surface area contributed by atoms with Gasteiger partial charge in [0.25, 0.3) is 0 Å². The molecule has 2 heterocycles. The van der Waals surface area contributed by atoms with E-state index in [0.29, 0.717) is 24.7 Å². The van der Waals surface area contributed by atoms with Gasteiger partial charge in [0.1, 0.15) is 0 Å². The lowest BCUT2D eigenvalue weighted by Gasteiger charge is -2.24. The fourth-order valence-corrected chi connectivity index (χ4v) is 3.76. The molecule has 0 aliphatic carbocycles. The summed E-state index contributed by atoms with van der Waals surface area (Å²) >= 11 is 0. The van der Waals surface area contributed by atoms with Crippen molar-refractivity contribution in [2.75, 3.05) is 6.54 Å². The van der Waals surface area contributed by atoms with Gasteiger partial charge >= 0.3 is 0 Å². The maximum Gasteiger partial charge on any atom is 0.232 e. The van der Waals surface area contributed by atoms with Crippen molar-refractivity contribution in [2.24, 2.45) is 0 Å². The topological polar surface area (TPSA) is 59.2 Å². The predicted molar refractivity (Wildman–Crippen MR) is 103 cm³/mol. The zero-order valence-electron chi connectivity index (χ0n) is 15.8. The Morgan fingerprint density at radius 2 is 1.93 bits per heavy atom. The fraction of sp³-hybridized carbons (Fsp3) is 0.318. The van der Waals surface area contributed by atoms with E-state index in [1.165, 1.54) is 5.56 Å². The Bertz CT molecular complexity index is 965. The van der Waals surface area contributed by atoms with E-state index in [2.05, 4.69) is 42.2 Å². The van der Waals surface area contributed by atoms with Gasteiger partial charge in [0.05, 0.1) is 12.0 Å². The summed E-state index contributed by atoms with van der Waals surface area (Å²) in [7, 11) is 0. The van der Waals surface area contributed by atoms with E-state index in [4.69, 9.17) is 4.52 Å². The minimum Gasteiger partial charge on any atom is -0.339 e. The van der Waals surface area contributed by atoms with Gasteiger partial charge in [-0.05, 0) is 31.9 Å². The number of hydrogen-bond acceptors (Lipinski definition) is 4. The first kappa shape index (κ1) is 17.5. The standard InChI is InChI=1S/C22H23N3O2/c1-14-9-10-19(15(2)11-14)21-23-22(27-24-21)18-12-20(26)25(13-18)16(3)17-7-5-4-6-8-17/h4-11,16,18H,12-13H2,1-3H3. The van der Waals surface area contributed by atoms with Crippen LogP contribution in [0.3, 0.4) is 0 Å². The molecule has 4 rings (SSSR count). The first-order chi connectivity index (χ1) is 13.0. The SMILES string of the molecule is Cc1ccc(-c2noc(C3CC(=O)N(C(C)c4ccccc4)C3)n2)c(C)c1. The van der Waals surface area contributed by atoms with Gasteiger partial charge in [-0.3, -0.25) is 4.79 Å². The summed E-state index contributed by atoms with van der Waals surface area (Å²) in [6, 6.07) is 16.3. The molecule has 138 valence electrons. The van der Waals surface area contributed by atoms with Gasteiger partial charge in [0.2, 0.25) is 17.6 Å². The Labute approximate surface area is 159 Å². The van der Waals surface area contributed by atoms with Gasteiger partial charge in [-0.1, -0.05) is 59.3 Å². The van der Waals surface area contributed by atoms with Crippen LogP contribution in [0.4, 0.5) is 0 Å². The summed E-state index contributed by atoms with van der Waals surface area (Å²) < 4.78 is 5.53. The van der Waals surface area contributed by atoms with E-state index >= 15 is 0 Å². The summed E-state index contributed by atoms with van der Waals surface area (Å²) in [5.41, 5.74) is 4.42. The molecule has 0 spiro atoms. The lowest BCUT2D eigenvalue weighted by molar-refractivity contribution is -0.129. The van der Waals surface area contributed by atoms with Crippen LogP contribution in [-0.4, -0.2) is 27.5 Å². The molecule has 0 saturated carbocycles. The lowest BCUT2D eigenvalue weighted by atomic mass is 10.1. The molecule has 2 aromatic carbocycles. The first-order valence-electron chi connectivity index (χ1n) is 9.28. The highest BCUT2D eigenvalue weighted by molar-refractivity contribution is 5.80. The zero-order chi connectivity index (χ0) is 19.0. The van der Waals surface area contributed by atoms with Crippen molar-refractivity contribution in [3.05, 3.63) is 71.1 Å². The Morgan fingerprint density at radius 3 is 2.67 bits per heavy atom. The molecule has 2 atom stereocenters. The number of carbonyl (C=O) groups is 1. The van der Waals surface area contributed by atoms with E-state index in [9.17, 15) is 4.79 Å². The molecule has 0 N–H and O–H groups in total. The Hall–Kier alpha value is -2.95. The molecule has 27 heavy (non-hydrogen) atoms. The molecule has 1 saturated heterocycles. The molecule has 5 nitrogen and oxygen atoms in total. The van der Waals surface area contributed by atoms with E-state index in [0.717, 1.165) is 16.7 Å². The van der Waals surface area contributed by atoms with Crippen LogP contribution >= 0.6 is 0 Å². The molecule has 1 fully saturated rings. The van der Waals surface area contributed by atoms with Crippen molar-refractivity contribution in [3.8, 4) is 11.4 Å². The van der Waals surface area contributed by atoms with Crippen molar-refractivity contribution in [3.63, 3.8) is 0 Å². The third kappa shape index (κ3) is 3.37. The van der Waals surface area contributed by atoms with Crippen LogP contribution in [0.1, 0.15) is 47.9 Å². The van der Waals surface area contributed by atoms with Crippen LogP contribution in [-0.2, 0) is 4.79 Å². The van der Waals surface area contributed by atoms with Crippen molar-refractivity contribution in [1.82, 2.24) is 15.0 Å². The fourth-order valence-electron chi connectivity index (χ4n) is 3.76. The number of hydrogen-bond donors (Lipinski definition) is 0. The van der Waals surface area contributed by atoms with E-state index in [-0.39, 0.29) is 17.9 Å². The summed E-state index contributed by atoms with van der Waals surface area (Å²) in [4.78, 5) is 19.1. The van der Waals surface area contributed by atoms with E-state index in [1.807, 2.05) is 42.2 Å². The number of likely N-dealkylation sites (tertiary alicyclic amines) is 1. The second kappa shape index (κ2) is 6.99. The number of aromatic nitrogens is 2. The Morgan fingerprint density at radius 1 is 1.15 bits per heavy atom. The molecule has 2 unspecified atom stereocenters. The summed E-state index contributed by atoms with van der Waals surface area (Å²) in [5, 5.41) is 4.16. The lowest BCUT2D eigenvalue weighted by Crippen LogP contribution is -2.28. The number of rotatable bonds is 4. The Kier molecular flexibility index (Phi) is 4.52. The maximum absolute atomic E-state index is 12.6. The number of carbonyl (C=O) groups excluding carboxylic acids is 1. The van der Waals surface area contributed by atoms with Gasteiger partial charge in [0.15, 0.2) is 0 Å². The number of aryl methyl sites for hydroxylation is 2. The minimum atomic E-state index is -0.0596. The Balaban J connectivity index is 1.54. The quantitative estimate of drug-likeness (QED) is 0.690. The molecule has 3 aromatic rings. The zero-order valence-corrected chi connectivity index (χ0v) is 15.8. The van der Waals surface area contributed by atoms with Crippen LogP contribution in [0.2, 0.25) is 0 Å². The molecule has 5 heteroatoms. The molecule has 0 bridgehead atoms. The number of amides is 1. The molecule has 1 aliphatic rings. The average molecular weight is 361 g/mol. The van der Waals surface area contributed by atoms with Crippen LogP contribution in [0, 0.1) is 13.8 Å². The predicted octanol–water partition coefficient (Wildman–Crippen LogP) is 4.43. The summed E-state index contributed by atoms with van der Waals surface area (Å²) in [5.74, 6) is 1.20. The van der Waals surface area contributed by atoms with Crippen LogP contribution in [0.25, 0.3) is 11.4 Å². The monoisotopic (exact) mass is 361 g/mol. The molecule has 1 aromatic heterocycles. The largest absolute Gasteiger partial charge is 0.339 e. The molecule has 0 radical (unpaired) electrons. The first-order valence-corrected chi connectivity index (χ1v) is 9.28. The third-order valence-corrected chi connectivity index (χ3v) is 5.32. The highest BCUT2D eigenvalue weighted by Gasteiger charge is 2.37. The molecule has 1 amide bonds. The smallest absolute Gasteiger partial charge is 0.232 e. The van der Waals surface area contributed by atoms with Gasteiger partial charge in [-0.25, -0.2) is 0 Å². The van der Waals surface area contributed by atoms with E-state index in [1.54, 1.807) is 0 Å². The van der Waals surface area contributed by atoms with Crippen molar-refractivity contribution < 1.29 is 9.32 Å². The van der Waals surface area contributed by atoms with Crippen molar-refractivity contribution in [1.29, 1.82) is 0 Å². The van der Waals surface area contributed by atoms with Crippen LogP contribution < -0.4 is 0 Å². The highest BCUT2D eigenvalue weighted by atomic mass is 16.5.